The van der Waals surface area contributed by atoms with Gasteiger partial charge in [-0.15, -0.1) is 0 Å². The predicted molar refractivity (Wildman–Crippen MR) is 44.4 cm³/mol. The van der Waals surface area contributed by atoms with Gasteiger partial charge in [-0.25, -0.2) is 0 Å². The molecule has 1 aliphatic rings. The van der Waals surface area contributed by atoms with Crippen molar-refractivity contribution in [3.8, 4) is 0 Å². The summed E-state index contributed by atoms with van der Waals surface area (Å²) in [5.41, 5.74) is 0. The van der Waals surface area contributed by atoms with E-state index in [1.807, 2.05) is 13.8 Å². The first-order chi connectivity index (χ1) is 5.58. The van der Waals surface area contributed by atoms with Crippen LogP contribution in [0.2, 0.25) is 0 Å². The van der Waals surface area contributed by atoms with Crippen molar-refractivity contribution in [3.05, 3.63) is 0 Å². The Morgan fingerprint density at radius 3 is 1.67 bits per heavy atom. The summed E-state index contributed by atoms with van der Waals surface area (Å²) in [6, 6.07) is -0.102. The van der Waals surface area contributed by atoms with E-state index in [1.54, 1.807) is 0 Å². The SMILES string of the molecule is C[C@H]1CC(=O)N[C@@H](C)CC(=O)N1. The predicted octanol–water partition coefficient (Wildman–Crippen LogP) is -0.210. The van der Waals surface area contributed by atoms with Crippen LogP contribution in [0.3, 0.4) is 0 Å². The second-order valence-electron chi connectivity index (χ2n) is 3.35. The zero-order chi connectivity index (χ0) is 9.14. The van der Waals surface area contributed by atoms with Crippen molar-refractivity contribution in [3.63, 3.8) is 0 Å². The van der Waals surface area contributed by atoms with E-state index in [0.29, 0.717) is 12.8 Å². The fraction of sp³-hybridized carbons (Fsp3) is 0.750. The number of rotatable bonds is 0. The van der Waals surface area contributed by atoms with Gasteiger partial charge in [-0.05, 0) is 13.8 Å². The normalized spacial score (nSPS) is 31.5. The van der Waals surface area contributed by atoms with E-state index in [4.69, 9.17) is 0 Å². The van der Waals surface area contributed by atoms with Crippen molar-refractivity contribution < 1.29 is 9.59 Å². The Kier molecular flexibility index (Phi) is 2.68. The molecular formula is C8H14N2O2. The van der Waals surface area contributed by atoms with E-state index in [1.165, 1.54) is 0 Å². The lowest BCUT2D eigenvalue weighted by Crippen LogP contribution is -2.46. The van der Waals surface area contributed by atoms with Gasteiger partial charge >= 0.3 is 0 Å². The Hall–Kier alpha value is -1.06. The van der Waals surface area contributed by atoms with Gasteiger partial charge in [0.05, 0.1) is 0 Å². The van der Waals surface area contributed by atoms with Gasteiger partial charge in [-0.1, -0.05) is 0 Å². The minimum atomic E-state index is -0.0509. The van der Waals surface area contributed by atoms with Gasteiger partial charge in [0.25, 0.3) is 0 Å². The Labute approximate surface area is 71.7 Å². The highest BCUT2D eigenvalue weighted by Gasteiger charge is 2.19. The number of carbonyl (C=O) groups excluding carboxylic acids is 2. The van der Waals surface area contributed by atoms with E-state index in [9.17, 15) is 9.59 Å². The first kappa shape index (κ1) is 9.03. The second kappa shape index (κ2) is 3.56. The molecular weight excluding hydrogens is 156 g/mol. The zero-order valence-electron chi connectivity index (χ0n) is 7.39. The topological polar surface area (TPSA) is 58.2 Å². The average molecular weight is 170 g/mol. The Bertz CT molecular complexity index is 165. The summed E-state index contributed by atoms with van der Waals surface area (Å²) in [6.07, 6.45) is 0.742. The Balaban J connectivity index is 2.57. The minimum Gasteiger partial charge on any atom is -0.353 e. The van der Waals surface area contributed by atoms with Crippen molar-refractivity contribution in [1.29, 1.82) is 0 Å². The van der Waals surface area contributed by atoms with E-state index < -0.39 is 0 Å². The van der Waals surface area contributed by atoms with Gasteiger partial charge in [0.15, 0.2) is 0 Å². The Morgan fingerprint density at radius 1 is 1.00 bits per heavy atom. The second-order valence-corrected chi connectivity index (χ2v) is 3.35. The van der Waals surface area contributed by atoms with Crippen molar-refractivity contribution in [2.75, 3.05) is 0 Å². The van der Waals surface area contributed by atoms with Gasteiger partial charge in [0, 0.05) is 24.9 Å². The minimum absolute atomic E-state index is 0.00926. The zero-order valence-corrected chi connectivity index (χ0v) is 7.39. The molecule has 0 aliphatic carbocycles. The maximum atomic E-state index is 11.1. The molecule has 0 aromatic heterocycles. The fourth-order valence-electron chi connectivity index (χ4n) is 1.33. The van der Waals surface area contributed by atoms with Crippen LogP contribution < -0.4 is 10.6 Å². The first-order valence-corrected chi connectivity index (χ1v) is 4.16. The monoisotopic (exact) mass is 170 g/mol. The highest BCUT2D eigenvalue weighted by molar-refractivity contribution is 5.82. The molecule has 0 spiro atoms. The molecule has 1 aliphatic heterocycles. The third-order valence-corrected chi connectivity index (χ3v) is 1.80. The van der Waals surface area contributed by atoms with Gasteiger partial charge in [-0.2, -0.15) is 0 Å². The molecule has 0 unspecified atom stereocenters. The average Bonchev–Trinajstić information content (AvgIpc) is 1.81. The van der Waals surface area contributed by atoms with Crippen LogP contribution in [0, 0.1) is 0 Å². The van der Waals surface area contributed by atoms with Crippen LogP contribution in [0.1, 0.15) is 26.7 Å². The highest BCUT2D eigenvalue weighted by Crippen LogP contribution is 2.00. The van der Waals surface area contributed by atoms with E-state index >= 15 is 0 Å². The summed E-state index contributed by atoms with van der Waals surface area (Å²) < 4.78 is 0. The number of hydrogen-bond donors (Lipinski definition) is 2. The molecule has 0 aromatic rings. The molecule has 12 heavy (non-hydrogen) atoms. The van der Waals surface area contributed by atoms with Crippen LogP contribution in [-0.4, -0.2) is 23.9 Å². The van der Waals surface area contributed by atoms with Crippen LogP contribution in [0.25, 0.3) is 0 Å². The van der Waals surface area contributed by atoms with Crippen molar-refractivity contribution in [2.45, 2.75) is 38.8 Å². The maximum absolute atomic E-state index is 11.1. The molecule has 1 fully saturated rings. The molecule has 1 saturated heterocycles. The van der Waals surface area contributed by atoms with Gasteiger partial charge < -0.3 is 10.6 Å². The van der Waals surface area contributed by atoms with Gasteiger partial charge in [0.2, 0.25) is 11.8 Å². The van der Waals surface area contributed by atoms with Gasteiger partial charge in [-0.3, -0.25) is 9.59 Å². The molecule has 0 aromatic carbocycles. The smallest absolute Gasteiger partial charge is 0.222 e. The standard InChI is InChI=1S/C8H14N2O2/c1-5-3-7(11)10-6(2)4-8(12)9-5/h5-6H,3-4H2,1-2H3,(H,9,12)(H,10,11)/t5-,6-/m0/s1. The lowest BCUT2D eigenvalue weighted by Gasteiger charge is -2.21. The van der Waals surface area contributed by atoms with Crippen molar-refractivity contribution >= 4 is 11.8 Å². The van der Waals surface area contributed by atoms with Crippen LogP contribution in [0.15, 0.2) is 0 Å². The molecule has 2 amide bonds. The number of amides is 2. The Morgan fingerprint density at radius 2 is 1.33 bits per heavy atom. The number of carbonyl (C=O) groups is 2. The lowest BCUT2D eigenvalue weighted by molar-refractivity contribution is -0.126. The molecule has 4 heteroatoms. The van der Waals surface area contributed by atoms with Crippen LogP contribution in [0.4, 0.5) is 0 Å². The van der Waals surface area contributed by atoms with Crippen LogP contribution >= 0.6 is 0 Å². The van der Waals surface area contributed by atoms with Crippen LogP contribution in [0.5, 0.6) is 0 Å². The molecule has 0 saturated carbocycles. The third-order valence-electron chi connectivity index (χ3n) is 1.80. The summed E-state index contributed by atoms with van der Waals surface area (Å²) in [6.45, 7) is 3.65. The third kappa shape index (κ3) is 2.53. The largest absolute Gasteiger partial charge is 0.353 e. The van der Waals surface area contributed by atoms with Crippen LogP contribution in [-0.2, 0) is 9.59 Å². The molecule has 0 radical (unpaired) electrons. The molecule has 1 rings (SSSR count). The maximum Gasteiger partial charge on any atom is 0.222 e. The quantitative estimate of drug-likeness (QED) is 0.528. The summed E-state index contributed by atoms with van der Waals surface area (Å²) in [5, 5.41) is 5.49. The molecule has 2 atom stereocenters. The molecule has 4 nitrogen and oxygen atoms in total. The van der Waals surface area contributed by atoms with E-state index in [0.717, 1.165) is 0 Å². The molecule has 0 bridgehead atoms. The highest BCUT2D eigenvalue weighted by atomic mass is 16.2. The summed E-state index contributed by atoms with van der Waals surface area (Å²) in [4.78, 5) is 22.2. The lowest BCUT2D eigenvalue weighted by atomic mass is 10.1. The van der Waals surface area contributed by atoms with Crippen molar-refractivity contribution in [1.82, 2.24) is 10.6 Å². The van der Waals surface area contributed by atoms with E-state index in [2.05, 4.69) is 10.6 Å². The molecule has 2 N–H and O–H groups in total. The fourth-order valence-corrected chi connectivity index (χ4v) is 1.33. The molecule has 68 valence electrons. The number of nitrogens with one attached hydrogen (secondary N) is 2. The summed E-state index contributed by atoms with van der Waals surface area (Å²) in [5.74, 6) is 0.0185. The molecule has 1 heterocycles. The number of hydrogen-bond acceptors (Lipinski definition) is 2. The first-order valence-electron chi connectivity index (χ1n) is 4.16. The summed E-state index contributed by atoms with van der Waals surface area (Å²) >= 11 is 0. The van der Waals surface area contributed by atoms with Gasteiger partial charge in [0.1, 0.15) is 0 Å². The summed E-state index contributed by atoms with van der Waals surface area (Å²) in [7, 11) is 0. The van der Waals surface area contributed by atoms with Crippen molar-refractivity contribution in [2.24, 2.45) is 0 Å². The van der Waals surface area contributed by atoms with E-state index in [-0.39, 0.29) is 23.9 Å².